The fraction of sp³-hybridized carbons (Fsp3) is 0.276. The highest BCUT2D eigenvalue weighted by molar-refractivity contribution is 7.92. The molecule has 3 aromatic carbocycles. The van der Waals surface area contributed by atoms with Crippen LogP contribution in [0.15, 0.2) is 65.1 Å². The van der Waals surface area contributed by atoms with E-state index in [-0.39, 0.29) is 18.3 Å². The van der Waals surface area contributed by atoms with E-state index in [2.05, 4.69) is 5.32 Å². The molecular formula is C29H29FN2O6S. The van der Waals surface area contributed by atoms with E-state index in [1.807, 2.05) is 20.8 Å². The van der Waals surface area contributed by atoms with Crippen LogP contribution in [-0.4, -0.2) is 39.8 Å². The molecule has 0 radical (unpaired) electrons. The number of ether oxygens (including phenoxy) is 2. The minimum absolute atomic E-state index is 0.125. The second-order valence-electron chi connectivity index (χ2n) is 10.2. The van der Waals surface area contributed by atoms with Gasteiger partial charge in [0.2, 0.25) is 10.0 Å². The molecule has 0 aliphatic carbocycles. The molecule has 2 heterocycles. The van der Waals surface area contributed by atoms with Crippen LogP contribution >= 0.6 is 0 Å². The number of carbonyl (C=O) groups excluding carboxylic acids is 1. The highest BCUT2D eigenvalue weighted by Gasteiger charge is 2.37. The van der Waals surface area contributed by atoms with Crippen LogP contribution in [0.3, 0.4) is 0 Å². The molecule has 1 aromatic heterocycles. The number of hydrogen-bond donors (Lipinski definition) is 1. The Hall–Kier alpha value is -3.89. The van der Waals surface area contributed by atoms with Gasteiger partial charge in [0.05, 0.1) is 35.8 Å². The lowest BCUT2D eigenvalue weighted by molar-refractivity contribution is -0.0542. The molecule has 1 atom stereocenters. The average Bonchev–Trinajstić information content (AvgIpc) is 3.20. The quantitative estimate of drug-likeness (QED) is 0.325. The first-order valence-corrected chi connectivity index (χ1v) is 14.2. The molecule has 0 saturated carbocycles. The standard InChI is InChI=1S/C29H29FN2O6S/c1-17-22-14-23-25(15-24(22)32(39(5,34)35)16-29(2,3)38-17)37-27(26(23)28(33)31-4)18-6-10-20(11-7-18)36-21-12-8-19(30)9-13-21/h6-15,17H,16H2,1-5H3,(H,31,33). The van der Waals surface area contributed by atoms with E-state index >= 15 is 0 Å². The molecule has 1 aliphatic heterocycles. The third-order valence-electron chi connectivity index (χ3n) is 6.58. The van der Waals surface area contributed by atoms with E-state index < -0.39 is 21.7 Å². The van der Waals surface area contributed by atoms with Crippen LogP contribution < -0.4 is 14.4 Å². The topological polar surface area (TPSA) is 98.1 Å². The maximum absolute atomic E-state index is 13.2. The van der Waals surface area contributed by atoms with Gasteiger partial charge in [-0.1, -0.05) is 0 Å². The Bertz CT molecular complexity index is 1660. The fourth-order valence-corrected chi connectivity index (χ4v) is 5.92. The first-order valence-electron chi connectivity index (χ1n) is 12.4. The molecule has 0 saturated heterocycles. The van der Waals surface area contributed by atoms with Crippen LogP contribution in [0.25, 0.3) is 22.3 Å². The lowest BCUT2D eigenvalue weighted by atomic mass is 10.0. The zero-order chi connectivity index (χ0) is 28.1. The van der Waals surface area contributed by atoms with Gasteiger partial charge in [0.15, 0.2) is 0 Å². The van der Waals surface area contributed by atoms with Crippen molar-refractivity contribution in [2.24, 2.45) is 0 Å². The summed E-state index contributed by atoms with van der Waals surface area (Å²) in [7, 11) is -2.10. The Morgan fingerprint density at radius 3 is 2.28 bits per heavy atom. The number of rotatable bonds is 5. The summed E-state index contributed by atoms with van der Waals surface area (Å²) < 4.78 is 58.4. The minimum Gasteiger partial charge on any atom is -0.457 e. The predicted molar refractivity (Wildman–Crippen MR) is 147 cm³/mol. The van der Waals surface area contributed by atoms with Gasteiger partial charge in [-0.3, -0.25) is 9.10 Å². The number of nitrogens with one attached hydrogen (secondary N) is 1. The first kappa shape index (κ1) is 26.7. The van der Waals surface area contributed by atoms with Crippen LogP contribution in [0.5, 0.6) is 11.5 Å². The lowest BCUT2D eigenvalue weighted by Crippen LogP contribution is -2.42. The molecule has 1 unspecified atom stereocenters. The van der Waals surface area contributed by atoms with E-state index in [4.69, 9.17) is 13.9 Å². The highest BCUT2D eigenvalue weighted by atomic mass is 32.2. The Morgan fingerprint density at radius 1 is 1.08 bits per heavy atom. The molecule has 1 N–H and O–H groups in total. The normalized spacial score (nSPS) is 17.0. The number of carbonyl (C=O) groups is 1. The number of sulfonamides is 1. The molecule has 4 aromatic rings. The Balaban J connectivity index is 1.63. The molecule has 0 spiro atoms. The van der Waals surface area contributed by atoms with Crippen LogP contribution in [0.4, 0.5) is 10.1 Å². The van der Waals surface area contributed by atoms with E-state index in [1.165, 1.54) is 35.6 Å². The third kappa shape index (κ3) is 5.22. The van der Waals surface area contributed by atoms with E-state index in [0.29, 0.717) is 50.6 Å². The van der Waals surface area contributed by atoms with Gasteiger partial charge in [0.1, 0.15) is 28.7 Å². The van der Waals surface area contributed by atoms with Gasteiger partial charge in [-0.2, -0.15) is 0 Å². The van der Waals surface area contributed by atoms with Crippen molar-refractivity contribution in [1.82, 2.24) is 5.32 Å². The summed E-state index contributed by atoms with van der Waals surface area (Å²) in [5.41, 5.74) is 1.67. The smallest absolute Gasteiger partial charge is 0.255 e. The van der Waals surface area contributed by atoms with Gasteiger partial charge >= 0.3 is 0 Å². The fourth-order valence-electron chi connectivity index (χ4n) is 4.86. The van der Waals surface area contributed by atoms with Crippen molar-refractivity contribution in [3.05, 3.63) is 77.6 Å². The summed E-state index contributed by atoms with van der Waals surface area (Å²) in [4.78, 5) is 13.1. The van der Waals surface area contributed by atoms with Gasteiger partial charge in [0.25, 0.3) is 5.91 Å². The summed E-state index contributed by atoms with van der Waals surface area (Å²) >= 11 is 0. The number of halogens is 1. The lowest BCUT2D eigenvalue weighted by Gasteiger charge is -2.30. The average molecular weight is 553 g/mol. The Morgan fingerprint density at radius 2 is 1.69 bits per heavy atom. The van der Waals surface area contributed by atoms with Crippen molar-refractivity contribution in [3.63, 3.8) is 0 Å². The van der Waals surface area contributed by atoms with E-state index in [9.17, 15) is 17.6 Å². The summed E-state index contributed by atoms with van der Waals surface area (Å²) in [6.07, 6.45) is 0.719. The SMILES string of the molecule is CNC(=O)c1c(-c2ccc(Oc3ccc(F)cc3)cc2)oc2cc3c(cc12)C(C)OC(C)(C)CN3S(C)(=O)=O. The highest BCUT2D eigenvalue weighted by Crippen LogP contribution is 2.43. The van der Waals surface area contributed by atoms with Crippen LogP contribution in [0.1, 0.15) is 42.8 Å². The third-order valence-corrected chi connectivity index (χ3v) is 7.71. The summed E-state index contributed by atoms with van der Waals surface area (Å²) in [6, 6.07) is 16.1. The predicted octanol–water partition coefficient (Wildman–Crippen LogP) is 6.03. The van der Waals surface area contributed by atoms with Gasteiger partial charge in [-0.05, 0) is 75.4 Å². The number of furan rings is 1. The number of fused-ring (bicyclic) bond motifs is 2. The monoisotopic (exact) mass is 552 g/mol. The van der Waals surface area contributed by atoms with Crippen LogP contribution in [-0.2, 0) is 14.8 Å². The van der Waals surface area contributed by atoms with Crippen molar-refractivity contribution >= 4 is 32.6 Å². The molecule has 0 bridgehead atoms. The first-order chi connectivity index (χ1) is 18.4. The molecule has 8 nitrogen and oxygen atoms in total. The maximum Gasteiger partial charge on any atom is 0.255 e. The van der Waals surface area contributed by atoms with Crippen molar-refractivity contribution in [1.29, 1.82) is 0 Å². The summed E-state index contributed by atoms with van der Waals surface area (Å²) in [5, 5.41) is 3.22. The van der Waals surface area contributed by atoms with Crippen LogP contribution in [0, 0.1) is 5.82 Å². The molecule has 1 aliphatic rings. The second-order valence-corrected chi connectivity index (χ2v) is 12.1. The zero-order valence-electron chi connectivity index (χ0n) is 22.2. The van der Waals surface area contributed by atoms with Gasteiger partial charge < -0.3 is 19.2 Å². The molecule has 204 valence electrons. The zero-order valence-corrected chi connectivity index (χ0v) is 23.1. The van der Waals surface area contributed by atoms with Crippen molar-refractivity contribution in [2.45, 2.75) is 32.5 Å². The molecule has 5 rings (SSSR count). The summed E-state index contributed by atoms with van der Waals surface area (Å²) in [6.45, 7) is 5.67. The Labute approximate surface area is 226 Å². The maximum atomic E-state index is 13.2. The molecule has 1 amide bonds. The van der Waals surface area contributed by atoms with Gasteiger partial charge in [-0.25, -0.2) is 12.8 Å². The molecule has 39 heavy (non-hydrogen) atoms. The van der Waals surface area contributed by atoms with Crippen LogP contribution in [0.2, 0.25) is 0 Å². The molecule has 10 heteroatoms. The Kier molecular flexibility index (Phi) is 6.64. The number of nitrogens with zero attached hydrogens (tertiary/aromatic N) is 1. The molecular weight excluding hydrogens is 523 g/mol. The van der Waals surface area contributed by atoms with Crippen molar-refractivity contribution < 1.29 is 31.5 Å². The second kappa shape index (κ2) is 9.69. The van der Waals surface area contributed by atoms with Crippen molar-refractivity contribution in [3.8, 4) is 22.8 Å². The van der Waals surface area contributed by atoms with Gasteiger partial charge in [-0.15, -0.1) is 0 Å². The number of anilines is 1. The summed E-state index contributed by atoms with van der Waals surface area (Å²) in [5.74, 6) is 0.629. The van der Waals surface area contributed by atoms with E-state index in [0.717, 1.165) is 6.26 Å². The number of hydrogen-bond acceptors (Lipinski definition) is 6. The number of amides is 1. The van der Waals surface area contributed by atoms with Crippen molar-refractivity contribution in [2.75, 3.05) is 24.2 Å². The largest absolute Gasteiger partial charge is 0.457 e. The van der Waals surface area contributed by atoms with Gasteiger partial charge in [0, 0.05) is 29.6 Å². The molecule has 0 fully saturated rings. The van der Waals surface area contributed by atoms with E-state index in [1.54, 1.807) is 36.4 Å². The number of benzene rings is 3. The minimum atomic E-state index is -3.64.